The summed E-state index contributed by atoms with van der Waals surface area (Å²) in [4.78, 5) is 23.8. The highest BCUT2D eigenvalue weighted by Crippen LogP contribution is 2.23. The van der Waals surface area contributed by atoms with Crippen LogP contribution >= 0.6 is 27.3 Å². The van der Waals surface area contributed by atoms with Gasteiger partial charge in [-0.15, -0.1) is 11.3 Å². The van der Waals surface area contributed by atoms with Gasteiger partial charge in [0.1, 0.15) is 0 Å². The van der Waals surface area contributed by atoms with Crippen LogP contribution in [0.4, 0.5) is 0 Å². The van der Waals surface area contributed by atoms with Crippen molar-refractivity contribution in [3.63, 3.8) is 0 Å². The van der Waals surface area contributed by atoms with Crippen LogP contribution in [0.5, 0.6) is 0 Å². The summed E-state index contributed by atoms with van der Waals surface area (Å²) in [6.45, 7) is -0.300. The largest absolute Gasteiger partial charge is 0.457 e. The van der Waals surface area contributed by atoms with Crippen LogP contribution in [0.3, 0.4) is 0 Å². The molecule has 1 aliphatic rings. The Morgan fingerprint density at radius 2 is 2.15 bits per heavy atom. The summed E-state index contributed by atoms with van der Waals surface area (Å²) in [6.07, 6.45) is 0.546. The number of Topliss-reactive ketones (excluding diaryl/α,β-unsaturated/α-hetero) is 1. The SMILES string of the molecule is O=C(C[C@@H]1CCS(=O)(=O)C1)OCC(=O)c1ccc(Br)s1. The lowest BCUT2D eigenvalue weighted by Crippen LogP contribution is -2.17. The van der Waals surface area contributed by atoms with Gasteiger partial charge >= 0.3 is 5.97 Å². The number of halogens is 1. The Hall–Kier alpha value is -0.730. The number of thiophene rings is 1. The topological polar surface area (TPSA) is 77.5 Å². The average molecular weight is 381 g/mol. The highest BCUT2D eigenvalue weighted by Gasteiger charge is 2.30. The van der Waals surface area contributed by atoms with Crippen LogP contribution in [-0.2, 0) is 19.4 Å². The molecule has 1 atom stereocenters. The molecule has 0 aliphatic carbocycles. The molecule has 1 aliphatic heterocycles. The predicted octanol–water partition coefficient (Wildman–Crippen LogP) is 2.06. The van der Waals surface area contributed by atoms with Gasteiger partial charge in [0, 0.05) is 6.42 Å². The predicted molar refractivity (Wildman–Crippen MR) is 78.7 cm³/mol. The van der Waals surface area contributed by atoms with Crippen molar-refractivity contribution in [3.8, 4) is 0 Å². The zero-order valence-electron chi connectivity index (χ0n) is 10.5. The molecule has 110 valence electrons. The number of esters is 1. The summed E-state index contributed by atoms with van der Waals surface area (Å²) in [6, 6.07) is 3.41. The van der Waals surface area contributed by atoms with Gasteiger partial charge in [-0.2, -0.15) is 0 Å². The molecule has 0 amide bonds. The number of carbonyl (C=O) groups is 2. The monoisotopic (exact) mass is 380 g/mol. The first-order chi connectivity index (χ1) is 9.35. The van der Waals surface area contributed by atoms with Crippen molar-refractivity contribution in [2.45, 2.75) is 12.8 Å². The lowest BCUT2D eigenvalue weighted by molar-refractivity contribution is -0.143. The quantitative estimate of drug-likeness (QED) is 0.576. The summed E-state index contributed by atoms with van der Waals surface area (Å²) in [5.74, 6) is -0.788. The van der Waals surface area contributed by atoms with Gasteiger partial charge in [0.2, 0.25) is 5.78 Å². The number of sulfone groups is 1. The first-order valence-electron chi connectivity index (χ1n) is 6.00. The number of carbonyl (C=O) groups excluding carboxylic acids is 2. The summed E-state index contributed by atoms with van der Waals surface area (Å²) < 4.78 is 28.3. The zero-order chi connectivity index (χ0) is 14.8. The second-order valence-electron chi connectivity index (χ2n) is 4.66. The normalized spacial score (nSPS) is 20.8. The van der Waals surface area contributed by atoms with Crippen LogP contribution in [-0.4, -0.2) is 38.3 Å². The number of ketones is 1. The second kappa shape index (κ2) is 6.36. The molecule has 2 heterocycles. The smallest absolute Gasteiger partial charge is 0.306 e. The molecular formula is C12H13BrO5S2. The Bertz CT molecular complexity index is 620. The molecule has 0 spiro atoms. The molecule has 5 nitrogen and oxygen atoms in total. The van der Waals surface area contributed by atoms with Gasteiger partial charge < -0.3 is 4.74 Å². The summed E-state index contributed by atoms with van der Waals surface area (Å²) in [5, 5.41) is 0. The minimum absolute atomic E-state index is 0.0356. The van der Waals surface area contributed by atoms with Crippen molar-refractivity contribution in [2.24, 2.45) is 5.92 Å². The molecule has 0 aromatic carbocycles. The van der Waals surface area contributed by atoms with E-state index in [0.29, 0.717) is 11.3 Å². The molecular weight excluding hydrogens is 368 g/mol. The van der Waals surface area contributed by atoms with Gasteiger partial charge in [0.05, 0.1) is 20.2 Å². The van der Waals surface area contributed by atoms with Gasteiger partial charge in [-0.1, -0.05) is 0 Å². The number of hydrogen-bond donors (Lipinski definition) is 0. The van der Waals surface area contributed by atoms with Gasteiger partial charge in [-0.05, 0) is 40.4 Å². The Labute approximate surface area is 129 Å². The Morgan fingerprint density at radius 1 is 1.40 bits per heavy atom. The molecule has 1 fully saturated rings. The van der Waals surface area contributed by atoms with Crippen molar-refractivity contribution < 1.29 is 22.7 Å². The molecule has 0 radical (unpaired) electrons. The fourth-order valence-electron chi connectivity index (χ4n) is 2.01. The van der Waals surface area contributed by atoms with Crippen molar-refractivity contribution in [3.05, 3.63) is 20.8 Å². The van der Waals surface area contributed by atoms with E-state index in [9.17, 15) is 18.0 Å². The highest BCUT2D eigenvalue weighted by atomic mass is 79.9. The van der Waals surface area contributed by atoms with E-state index in [2.05, 4.69) is 15.9 Å². The third-order valence-corrected chi connectivity index (χ3v) is 6.50. The van der Waals surface area contributed by atoms with Crippen LogP contribution in [0, 0.1) is 5.92 Å². The molecule has 0 saturated carbocycles. The third kappa shape index (κ3) is 4.39. The van der Waals surface area contributed by atoms with E-state index in [-0.39, 0.29) is 36.2 Å². The van der Waals surface area contributed by atoms with E-state index in [1.54, 1.807) is 12.1 Å². The zero-order valence-corrected chi connectivity index (χ0v) is 13.7. The first-order valence-corrected chi connectivity index (χ1v) is 9.43. The first kappa shape index (κ1) is 15.7. The fourth-order valence-corrected chi connectivity index (χ4v) is 5.18. The van der Waals surface area contributed by atoms with Gasteiger partial charge in [-0.3, -0.25) is 9.59 Å². The molecule has 2 rings (SSSR count). The molecule has 0 N–H and O–H groups in total. The maximum absolute atomic E-state index is 11.7. The maximum Gasteiger partial charge on any atom is 0.306 e. The Balaban J connectivity index is 1.77. The molecule has 1 saturated heterocycles. The van der Waals surface area contributed by atoms with Crippen LogP contribution in [0.1, 0.15) is 22.5 Å². The van der Waals surface area contributed by atoms with E-state index >= 15 is 0 Å². The standard InChI is InChI=1S/C12H13BrO5S2/c13-11-2-1-10(19-11)9(14)6-18-12(15)5-8-3-4-20(16,17)7-8/h1-2,8H,3-7H2/t8-/m0/s1. The number of hydrogen-bond acceptors (Lipinski definition) is 6. The Kier molecular flexibility index (Phi) is 4.98. The van der Waals surface area contributed by atoms with Crippen molar-refractivity contribution in [2.75, 3.05) is 18.1 Å². The van der Waals surface area contributed by atoms with Gasteiger partial charge in [0.25, 0.3) is 0 Å². The molecule has 0 unspecified atom stereocenters. The van der Waals surface area contributed by atoms with E-state index < -0.39 is 15.8 Å². The minimum Gasteiger partial charge on any atom is -0.457 e. The van der Waals surface area contributed by atoms with E-state index in [4.69, 9.17) is 4.74 Å². The van der Waals surface area contributed by atoms with Crippen LogP contribution in [0.2, 0.25) is 0 Å². The van der Waals surface area contributed by atoms with Crippen LogP contribution in [0.15, 0.2) is 15.9 Å². The summed E-state index contributed by atoms with van der Waals surface area (Å²) in [7, 11) is -2.99. The molecule has 8 heteroatoms. The highest BCUT2D eigenvalue weighted by molar-refractivity contribution is 9.11. The molecule has 1 aromatic rings. The number of ether oxygens (including phenoxy) is 1. The van der Waals surface area contributed by atoms with Gasteiger partial charge in [0.15, 0.2) is 16.4 Å². The van der Waals surface area contributed by atoms with Crippen molar-refractivity contribution in [1.29, 1.82) is 0 Å². The van der Waals surface area contributed by atoms with E-state index in [1.165, 1.54) is 11.3 Å². The fraction of sp³-hybridized carbons (Fsp3) is 0.500. The third-order valence-electron chi connectivity index (χ3n) is 2.99. The molecule has 20 heavy (non-hydrogen) atoms. The average Bonchev–Trinajstić information content (AvgIpc) is 2.92. The van der Waals surface area contributed by atoms with E-state index in [0.717, 1.165) is 3.79 Å². The lowest BCUT2D eigenvalue weighted by atomic mass is 10.1. The maximum atomic E-state index is 11.7. The van der Waals surface area contributed by atoms with Crippen molar-refractivity contribution >= 4 is 48.9 Å². The van der Waals surface area contributed by atoms with Crippen LogP contribution < -0.4 is 0 Å². The van der Waals surface area contributed by atoms with Crippen LogP contribution in [0.25, 0.3) is 0 Å². The van der Waals surface area contributed by atoms with E-state index in [1.807, 2.05) is 0 Å². The summed E-state index contributed by atoms with van der Waals surface area (Å²) in [5.41, 5.74) is 0. The number of rotatable bonds is 5. The minimum atomic E-state index is -2.99. The molecule has 1 aromatic heterocycles. The molecule has 0 bridgehead atoms. The van der Waals surface area contributed by atoms with Gasteiger partial charge in [-0.25, -0.2) is 8.42 Å². The van der Waals surface area contributed by atoms with Crippen molar-refractivity contribution in [1.82, 2.24) is 0 Å². The summed E-state index contributed by atoms with van der Waals surface area (Å²) >= 11 is 4.53. The lowest BCUT2D eigenvalue weighted by Gasteiger charge is -2.07. The second-order valence-corrected chi connectivity index (χ2v) is 9.35. The Morgan fingerprint density at radius 3 is 2.70 bits per heavy atom.